The maximum Gasteiger partial charge on any atom is 0.0625 e. The van der Waals surface area contributed by atoms with Gasteiger partial charge in [0.15, 0.2) is 0 Å². The Morgan fingerprint density at radius 3 is 2.84 bits per heavy atom. The first kappa shape index (κ1) is 13.1. The Hall–Kier alpha value is -0.870. The zero-order chi connectivity index (χ0) is 13.3. The average Bonchev–Trinajstić information content (AvgIpc) is 3.01. The van der Waals surface area contributed by atoms with Gasteiger partial charge in [-0.3, -0.25) is 9.58 Å². The minimum absolute atomic E-state index is 0.425. The molecule has 1 saturated heterocycles. The lowest BCUT2D eigenvalue weighted by Gasteiger charge is -2.45. The summed E-state index contributed by atoms with van der Waals surface area (Å²) in [6.45, 7) is 6.71. The van der Waals surface area contributed by atoms with Gasteiger partial charge in [0.1, 0.15) is 0 Å². The highest BCUT2D eigenvalue weighted by Crippen LogP contribution is 2.36. The number of hydrogen-bond acceptors (Lipinski definition) is 3. The fourth-order valence-electron chi connectivity index (χ4n) is 3.74. The Morgan fingerprint density at radius 1 is 1.37 bits per heavy atom. The van der Waals surface area contributed by atoms with Crippen LogP contribution >= 0.6 is 0 Å². The van der Waals surface area contributed by atoms with Crippen LogP contribution in [0.4, 0.5) is 0 Å². The standard InChI is InChI=1S/C15H26N4/c1-3-13-10-14(18(2)17-13)11-19-9-8-16-12-15(19)6-4-5-7-15/h10,16H,3-9,11-12H2,1-2H3. The van der Waals surface area contributed by atoms with E-state index in [1.807, 2.05) is 0 Å². The maximum atomic E-state index is 4.58. The van der Waals surface area contributed by atoms with Crippen molar-refractivity contribution in [2.24, 2.45) is 7.05 Å². The average molecular weight is 262 g/mol. The van der Waals surface area contributed by atoms with E-state index in [2.05, 4.69) is 40.0 Å². The first-order chi connectivity index (χ1) is 9.23. The van der Waals surface area contributed by atoms with Gasteiger partial charge in [-0.15, -0.1) is 0 Å². The molecule has 19 heavy (non-hydrogen) atoms. The van der Waals surface area contributed by atoms with E-state index in [1.54, 1.807) is 0 Å². The van der Waals surface area contributed by atoms with Gasteiger partial charge in [0.25, 0.3) is 0 Å². The molecule has 1 aliphatic carbocycles. The van der Waals surface area contributed by atoms with Crippen molar-refractivity contribution in [1.29, 1.82) is 0 Å². The van der Waals surface area contributed by atoms with Crippen LogP contribution in [0.5, 0.6) is 0 Å². The lowest BCUT2D eigenvalue weighted by molar-refractivity contribution is 0.0550. The Labute approximate surface area is 116 Å². The van der Waals surface area contributed by atoms with Crippen molar-refractivity contribution in [3.8, 4) is 0 Å². The molecule has 1 aromatic rings. The lowest BCUT2D eigenvalue weighted by Crippen LogP contribution is -2.59. The first-order valence-corrected chi connectivity index (χ1v) is 7.71. The molecular weight excluding hydrogens is 236 g/mol. The van der Waals surface area contributed by atoms with Crippen LogP contribution in [0, 0.1) is 0 Å². The molecule has 0 radical (unpaired) electrons. The fraction of sp³-hybridized carbons (Fsp3) is 0.800. The van der Waals surface area contributed by atoms with E-state index < -0.39 is 0 Å². The maximum absolute atomic E-state index is 4.58. The number of nitrogens with one attached hydrogen (secondary N) is 1. The molecule has 1 aromatic heterocycles. The van der Waals surface area contributed by atoms with Gasteiger partial charge in [0, 0.05) is 38.8 Å². The molecule has 3 rings (SSSR count). The van der Waals surface area contributed by atoms with E-state index in [-0.39, 0.29) is 0 Å². The second-order valence-electron chi connectivity index (χ2n) is 6.13. The number of piperazine rings is 1. The normalized spacial score (nSPS) is 23.3. The van der Waals surface area contributed by atoms with Crippen molar-refractivity contribution < 1.29 is 0 Å². The topological polar surface area (TPSA) is 33.1 Å². The summed E-state index contributed by atoms with van der Waals surface area (Å²) >= 11 is 0. The van der Waals surface area contributed by atoms with Gasteiger partial charge >= 0.3 is 0 Å². The summed E-state index contributed by atoms with van der Waals surface area (Å²) in [5, 5.41) is 8.18. The van der Waals surface area contributed by atoms with Crippen LogP contribution in [0.1, 0.15) is 44.0 Å². The highest BCUT2D eigenvalue weighted by Gasteiger charge is 2.41. The molecule has 1 spiro atoms. The van der Waals surface area contributed by atoms with Crippen LogP contribution in [0.3, 0.4) is 0 Å². The molecule has 106 valence electrons. The van der Waals surface area contributed by atoms with Crippen molar-refractivity contribution in [2.45, 2.75) is 51.1 Å². The molecule has 0 aromatic carbocycles. The van der Waals surface area contributed by atoms with Crippen molar-refractivity contribution in [3.05, 3.63) is 17.5 Å². The number of aryl methyl sites for hydroxylation is 2. The Kier molecular flexibility index (Phi) is 3.63. The van der Waals surface area contributed by atoms with E-state index in [0.29, 0.717) is 5.54 Å². The predicted molar refractivity (Wildman–Crippen MR) is 77.1 cm³/mol. The van der Waals surface area contributed by atoms with Crippen LogP contribution in [0.25, 0.3) is 0 Å². The van der Waals surface area contributed by atoms with Crippen LogP contribution in [0.15, 0.2) is 6.07 Å². The van der Waals surface area contributed by atoms with Crippen LogP contribution in [-0.2, 0) is 20.0 Å². The molecule has 1 aliphatic heterocycles. The van der Waals surface area contributed by atoms with E-state index in [9.17, 15) is 0 Å². The molecule has 0 atom stereocenters. The minimum atomic E-state index is 0.425. The summed E-state index contributed by atoms with van der Waals surface area (Å²) in [7, 11) is 2.08. The molecule has 2 fully saturated rings. The number of aromatic nitrogens is 2. The van der Waals surface area contributed by atoms with Gasteiger partial charge in [0.2, 0.25) is 0 Å². The van der Waals surface area contributed by atoms with E-state index >= 15 is 0 Å². The van der Waals surface area contributed by atoms with E-state index in [4.69, 9.17) is 0 Å². The predicted octanol–water partition coefficient (Wildman–Crippen LogP) is 1.70. The van der Waals surface area contributed by atoms with Crippen molar-refractivity contribution >= 4 is 0 Å². The zero-order valence-corrected chi connectivity index (χ0v) is 12.3. The molecule has 1 saturated carbocycles. The minimum Gasteiger partial charge on any atom is -0.314 e. The third-order valence-corrected chi connectivity index (χ3v) is 4.96. The second-order valence-corrected chi connectivity index (χ2v) is 6.13. The molecule has 0 amide bonds. The highest BCUT2D eigenvalue weighted by molar-refractivity contribution is 5.12. The first-order valence-electron chi connectivity index (χ1n) is 7.71. The van der Waals surface area contributed by atoms with Crippen molar-refractivity contribution in [1.82, 2.24) is 20.0 Å². The molecular formula is C15H26N4. The summed E-state index contributed by atoms with van der Waals surface area (Å²) in [5.41, 5.74) is 3.01. The lowest BCUT2D eigenvalue weighted by atomic mass is 9.92. The molecule has 1 N–H and O–H groups in total. The smallest absolute Gasteiger partial charge is 0.0625 e. The summed E-state index contributed by atoms with van der Waals surface area (Å²) in [5.74, 6) is 0. The Bertz CT molecular complexity index is 431. The number of nitrogens with zero attached hydrogens (tertiary/aromatic N) is 3. The summed E-state index contributed by atoms with van der Waals surface area (Å²) in [6, 6.07) is 2.28. The summed E-state index contributed by atoms with van der Waals surface area (Å²) in [4.78, 5) is 2.72. The SMILES string of the molecule is CCc1cc(CN2CCNCC23CCCC3)n(C)n1. The Balaban J connectivity index is 1.78. The third kappa shape index (κ3) is 2.43. The van der Waals surface area contributed by atoms with E-state index in [0.717, 1.165) is 19.5 Å². The van der Waals surface area contributed by atoms with Gasteiger partial charge in [-0.1, -0.05) is 19.8 Å². The molecule has 4 nitrogen and oxygen atoms in total. The van der Waals surface area contributed by atoms with Gasteiger partial charge in [-0.2, -0.15) is 5.10 Å². The van der Waals surface area contributed by atoms with Crippen LogP contribution < -0.4 is 5.32 Å². The summed E-state index contributed by atoms with van der Waals surface area (Å²) in [6.07, 6.45) is 6.53. The van der Waals surface area contributed by atoms with Gasteiger partial charge in [0.05, 0.1) is 11.4 Å². The molecule has 2 aliphatic rings. The van der Waals surface area contributed by atoms with Crippen molar-refractivity contribution in [2.75, 3.05) is 19.6 Å². The third-order valence-electron chi connectivity index (χ3n) is 4.96. The quantitative estimate of drug-likeness (QED) is 0.900. The molecule has 4 heteroatoms. The van der Waals surface area contributed by atoms with Gasteiger partial charge in [-0.05, 0) is 25.3 Å². The zero-order valence-electron chi connectivity index (χ0n) is 12.3. The largest absolute Gasteiger partial charge is 0.314 e. The molecule has 2 heterocycles. The number of hydrogen-bond donors (Lipinski definition) is 1. The number of rotatable bonds is 3. The van der Waals surface area contributed by atoms with Gasteiger partial charge < -0.3 is 5.32 Å². The summed E-state index contributed by atoms with van der Waals surface area (Å²) < 4.78 is 2.07. The van der Waals surface area contributed by atoms with Crippen molar-refractivity contribution in [3.63, 3.8) is 0 Å². The highest BCUT2D eigenvalue weighted by atomic mass is 15.3. The van der Waals surface area contributed by atoms with Crippen LogP contribution in [-0.4, -0.2) is 39.9 Å². The molecule has 0 unspecified atom stereocenters. The Morgan fingerprint density at radius 2 is 2.16 bits per heavy atom. The molecule has 0 bridgehead atoms. The monoisotopic (exact) mass is 262 g/mol. The van der Waals surface area contributed by atoms with Crippen LogP contribution in [0.2, 0.25) is 0 Å². The fourth-order valence-corrected chi connectivity index (χ4v) is 3.74. The van der Waals surface area contributed by atoms with Gasteiger partial charge in [-0.25, -0.2) is 0 Å². The van der Waals surface area contributed by atoms with E-state index in [1.165, 1.54) is 50.2 Å². The second kappa shape index (κ2) is 5.25.